The van der Waals surface area contributed by atoms with Crippen molar-refractivity contribution in [2.24, 2.45) is 10.3 Å². The standard InChI is InChI=1S/C12H18N10O4/c1-5-3-21(11(15-23)7-9(13)19-25-17-7)4-6(2)22(5)12(16-24)8-10(14)20-26-18-8/h5-6,23-24H,3-4H2,1-2H3,(H2,13,19)(H2,14,20)/b15-11+,16-12-/t5-,6+. The van der Waals surface area contributed by atoms with Crippen molar-refractivity contribution in [2.75, 3.05) is 24.6 Å². The second kappa shape index (κ2) is 6.73. The number of aromatic nitrogens is 4. The lowest BCUT2D eigenvalue weighted by Crippen LogP contribution is -2.60. The van der Waals surface area contributed by atoms with E-state index in [0.29, 0.717) is 13.1 Å². The fraction of sp³-hybridized carbons (Fsp3) is 0.500. The zero-order chi connectivity index (χ0) is 18.8. The number of nitrogens with zero attached hydrogens (tertiary/aromatic N) is 8. The first-order valence-corrected chi connectivity index (χ1v) is 7.62. The van der Waals surface area contributed by atoms with Crippen LogP contribution in [0.4, 0.5) is 11.6 Å². The lowest BCUT2D eigenvalue weighted by atomic mass is 10.1. The summed E-state index contributed by atoms with van der Waals surface area (Å²) in [6.45, 7) is 4.55. The molecule has 0 radical (unpaired) electrons. The van der Waals surface area contributed by atoms with Crippen molar-refractivity contribution in [3.05, 3.63) is 11.4 Å². The van der Waals surface area contributed by atoms with E-state index in [4.69, 9.17) is 11.5 Å². The molecule has 2 aromatic heterocycles. The summed E-state index contributed by atoms with van der Waals surface area (Å²) >= 11 is 0. The molecule has 0 bridgehead atoms. The van der Waals surface area contributed by atoms with Gasteiger partial charge in [-0.1, -0.05) is 10.3 Å². The van der Waals surface area contributed by atoms with Gasteiger partial charge in [-0.2, -0.15) is 0 Å². The number of amidine groups is 2. The first-order valence-electron chi connectivity index (χ1n) is 7.62. The third kappa shape index (κ3) is 2.80. The highest BCUT2D eigenvalue weighted by atomic mass is 16.6. The molecule has 0 saturated carbocycles. The number of nitrogen functional groups attached to an aromatic ring is 2. The molecule has 0 aromatic carbocycles. The summed E-state index contributed by atoms with van der Waals surface area (Å²) in [5.41, 5.74) is 11.7. The molecule has 2 aromatic rings. The molecule has 3 heterocycles. The maximum Gasteiger partial charge on any atom is 0.202 e. The SMILES string of the molecule is C[C@@H]1CN(/C(=N/O)c2nonc2N)C[C@H](C)N1/C(=N\O)c1nonc1N. The molecule has 0 amide bonds. The number of hydrogen-bond donors (Lipinski definition) is 4. The predicted octanol–water partition coefficient (Wildman–Crippen LogP) is -1.02. The Morgan fingerprint density at radius 2 is 1.38 bits per heavy atom. The molecule has 1 aliphatic heterocycles. The first-order chi connectivity index (χ1) is 12.5. The molecule has 14 heteroatoms. The molecule has 2 atom stereocenters. The van der Waals surface area contributed by atoms with E-state index in [1.54, 1.807) is 4.90 Å². The highest BCUT2D eigenvalue weighted by molar-refractivity contribution is 6.02. The third-order valence-electron chi connectivity index (χ3n) is 4.10. The van der Waals surface area contributed by atoms with E-state index in [1.165, 1.54) is 0 Å². The summed E-state index contributed by atoms with van der Waals surface area (Å²) in [4.78, 5) is 3.58. The largest absolute Gasteiger partial charge is 0.409 e. The summed E-state index contributed by atoms with van der Waals surface area (Å²) in [6, 6.07) is -0.392. The third-order valence-corrected chi connectivity index (χ3v) is 4.10. The predicted molar refractivity (Wildman–Crippen MR) is 86.4 cm³/mol. The van der Waals surface area contributed by atoms with Gasteiger partial charge in [-0.15, -0.1) is 0 Å². The molecule has 1 fully saturated rings. The van der Waals surface area contributed by atoms with Crippen molar-refractivity contribution in [3.63, 3.8) is 0 Å². The Labute approximate surface area is 146 Å². The molecule has 0 spiro atoms. The average molecular weight is 366 g/mol. The number of piperazine rings is 1. The van der Waals surface area contributed by atoms with Crippen LogP contribution in [0.3, 0.4) is 0 Å². The highest BCUT2D eigenvalue weighted by Gasteiger charge is 2.37. The molecule has 14 nitrogen and oxygen atoms in total. The summed E-state index contributed by atoms with van der Waals surface area (Å²) in [7, 11) is 0. The van der Waals surface area contributed by atoms with Crippen molar-refractivity contribution >= 4 is 23.3 Å². The first kappa shape index (κ1) is 17.2. The average Bonchev–Trinajstić information content (AvgIpc) is 3.21. The minimum atomic E-state index is -0.196. The Kier molecular flexibility index (Phi) is 4.47. The van der Waals surface area contributed by atoms with Gasteiger partial charge in [-0.05, 0) is 34.5 Å². The van der Waals surface area contributed by atoms with Gasteiger partial charge in [0.15, 0.2) is 23.0 Å². The van der Waals surface area contributed by atoms with Crippen molar-refractivity contribution in [3.8, 4) is 0 Å². The van der Waals surface area contributed by atoms with Crippen LogP contribution in [-0.2, 0) is 0 Å². The highest BCUT2D eigenvalue weighted by Crippen LogP contribution is 2.23. The molecular formula is C12H18N10O4. The van der Waals surface area contributed by atoms with Gasteiger partial charge < -0.3 is 31.7 Å². The molecule has 0 aliphatic carbocycles. The maximum atomic E-state index is 9.47. The van der Waals surface area contributed by atoms with E-state index < -0.39 is 0 Å². The number of oxime groups is 2. The Bertz CT molecular complexity index is 818. The summed E-state index contributed by atoms with van der Waals surface area (Å²) in [5.74, 6) is 0.291. The van der Waals surface area contributed by atoms with Gasteiger partial charge in [0.1, 0.15) is 0 Å². The van der Waals surface area contributed by atoms with Crippen molar-refractivity contribution in [1.82, 2.24) is 30.4 Å². The van der Waals surface area contributed by atoms with E-state index in [9.17, 15) is 10.4 Å². The maximum absolute atomic E-state index is 9.47. The zero-order valence-electron chi connectivity index (χ0n) is 14.0. The summed E-state index contributed by atoms with van der Waals surface area (Å²) < 4.78 is 9.15. The topological polar surface area (TPSA) is 202 Å². The minimum Gasteiger partial charge on any atom is -0.409 e. The number of anilines is 2. The van der Waals surface area contributed by atoms with Crippen LogP contribution < -0.4 is 11.5 Å². The van der Waals surface area contributed by atoms with Crippen molar-refractivity contribution in [1.29, 1.82) is 0 Å². The normalized spacial score (nSPS) is 22.1. The van der Waals surface area contributed by atoms with Gasteiger partial charge in [0, 0.05) is 25.2 Å². The van der Waals surface area contributed by atoms with Gasteiger partial charge in [-0.3, -0.25) is 0 Å². The number of nitrogens with two attached hydrogens (primary N) is 2. The van der Waals surface area contributed by atoms with Crippen LogP contribution >= 0.6 is 0 Å². The molecular weight excluding hydrogens is 348 g/mol. The monoisotopic (exact) mass is 366 g/mol. The molecule has 140 valence electrons. The molecule has 3 rings (SSSR count). The lowest BCUT2D eigenvalue weighted by Gasteiger charge is -2.45. The van der Waals surface area contributed by atoms with Gasteiger partial charge >= 0.3 is 0 Å². The van der Waals surface area contributed by atoms with Gasteiger partial charge in [0.05, 0.1) is 0 Å². The molecule has 1 saturated heterocycles. The van der Waals surface area contributed by atoms with Gasteiger partial charge in [0.25, 0.3) is 0 Å². The van der Waals surface area contributed by atoms with E-state index in [2.05, 4.69) is 40.2 Å². The van der Waals surface area contributed by atoms with E-state index in [0.717, 1.165) is 0 Å². The van der Waals surface area contributed by atoms with Crippen LogP contribution in [0.2, 0.25) is 0 Å². The van der Waals surface area contributed by atoms with Crippen LogP contribution in [0.15, 0.2) is 19.6 Å². The van der Waals surface area contributed by atoms with Crippen molar-refractivity contribution < 1.29 is 19.7 Å². The van der Waals surface area contributed by atoms with E-state index in [1.807, 2.05) is 18.7 Å². The number of hydrogen-bond acceptors (Lipinski definition) is 12. The smallest absolute Gasteiger partial charge is 0.202 e. The second-order valence-electron chi connectivity index (χ2n) is 5.85. The van der Waals surface area contributed by atoms with Crippen LogP contribution in [-0.4, -0.2) is 77.7 Å². The van der Waals surface area contributed by atoms with E-state index >= 15 is 0 Å². The van der Waals surface area contributed by atoms with Gasteiger partial charge in [-0.25, -0.2) is 9.26 Å². The molecule has 1 aliphatic rings. The Morgan fingerprint density at radius 3 is 1.77 bits per heavy atom. The van der Waals surface area contributed by atoms with Gasteiger partial charge in [0.2, 0.25) is 11.7 Å². The Balaban J connectivity index is 1.86. The van der Waals surface area contributed by atoms with E-state index in [-0.39, 0.29) is 46.8 Å². The summed E-state index contributed by atoms with van der Waals surface area (Å²) in [5, 5.41) is 39.8. The number of rotatable bonds is 2. The quantitative estimate of drug-likeness (QED) is 0.218. The van der Waals surface area contributed by atoms with Crippen molar-refractivity contribution in [2.45, 2.75) is 25.9 Å². The Hall–Kier alpha value is -3.58. The summed E-state index contributed by atoms with van der Waals surface area (Å²) in [6.07, 6.45) is 0. The fourth-order valence-electron chi connectivity index (χ4n) is 3.10. The molecule has 26 heavy (non-hydrogen) atoms. The molecule has 0 unspecified atom stereocenters. The molecule has 6 N–H and O–H groups in total. The lowest BCUT2D eigenvalue weighted by molar-refractivity contribution is 0.132. The Morgan fingerprint density at radius 1 is 0.923 bits per heavy atom. The minimum absolute atomic E-state index is 0.0127. The zero-order valence-corrected chi connectivity index (χ0v) is 14.0. The van der Waals surface area contributed by atoms with Crippen LogP contribution in [0, 0.1) is 0 Å². The second-order valence-corrected chi connectivity index (χ2v) is 5.85. The van der Waals surface area contributed by atoms with Crippen LogP contribution in [0.25, 0.3) is 0 Å². The van der Waals surface area contributed by atoms with Crippen LogP contribution in [0.5, 0.6) is 0 Å². The fourth-order valence-corrected chi connectivity index (χ4v) is 3.10. The van der Waals surface area contributed by atoms with Crippen LogP contribution in [0.1, 0.15) is 25.2 Å².